The Hall–Kier alpha value is -2.10. The molecule has 2 fully saturated rings. The molecule has 2 saturated heterocycles. The predicted octanol–water partition coefficient (Wildman–Crippen LogP) is 1.62. The molecule has 2 aliphatic rings. The third-order valence-corrected chi connectivity index (χ3v) is 6.43. The van der Waals surface area contributed by atoms with Crippen molar-refractivity contribution in [3.63, 3.8) is 0 Å². The third-order valence-electron chi connectivity index (χ3n) is 4.65. The molecule has 0 N–H and O–H groups in total. The van der Waals surface area contributed by atoms with Gasteiger partial charge in [0.05, 0.1) is 12.2 Å². The average Bonchev–Trinajstić information content (AvgIpc) is 2.62. The van der Waals surface area contributed by atoms with Gasteiger partial charge >= 0.3 is 0 Å². The lowest BCUT2D eigenvalue weighted by atomic mass is 9.86. The zero-order valence-electron chi connectivity index (χ0n) is 13.9. The highest BCUT2D eigenvalue weighted by atomic mass is 32.2. The van der Waals surface area contributed by atoms with E-state index in [1.165, 1.54) is 41.1 Å². The Balaban J connectivity index is 1.43. The summed E-state index contributed by atoms with van der Waals surface area (Å²) >= 11 is 0. The summed E-state index contributed by atoms with van der Waals surface area (Å²) in [5.41, 5.74) is -0.594. The maximum atomic E-state index is 13.7. The number of sulfonamides is 1. The van der Waals surface area contributed by atoms with Crippen molar-refractivity contribution in [3.8, 4) is 5.88 Å². The minimum atomic E-state index is -3.58. The Morgan fingerprint density at radius 2 is 2.08 bits per heavy atom. The van der Waals surface area contributed by atoms with Crippen LogP contribution in [0.1, 0.15) is 12.8 Å². The number of pyridine rings is 2. The molecule has 4 rings (SSSR count). The molecule has 0 amide bonds. The van der Waals surface area contributed by atoms with Crippen molar-refractivity contribution in [2.24, 2.45) is 0 Å². The normalized spacial score (nSPS) is 22.7. The molecule has 4 heterocycles. The van der Waals surface area contributed by atoms with Crippen molar-refractivity contribution in [2.45, 2.75) is 29.4 Å². The summed E-state index contributed by atoms with van der Waals surface area (Å²) in [5.74, 6) is -0.545. The quantitative estimate of drug-likeness (QED) is 0.803. The van der Waals surface area contributed by atoms with Crippen molar-refractivity contribution in [1.82, 2.24) is 14.3 Å². The van der Waals surface area contributed by atoms with Crippen LogP contribution in [0.5, 0.6) is 5.88 Å². The number of ether oxygens (including phenoxy) is 2. The van der Waals surface area contributed by atoms with Crippen molar-refractivity contribution < 1.29 is 22.3 Å². The second kappa shape index (κ2) is 6.57. The van der Waals surface area contributed by atoms with E-state index in [-0.39, 0.29) is 30.0 Å². The molecule has 0 aliphatic carbocycles. The number of aromatic nitrogens is 2. The van der Waals surface area contributed by atoms with Crippen LogP contribution >= 0.6 is 0 Å². The van der Waals surface area contributed by atoms with Crippen LogP contribution in [0.15, 0.2) is 47.8 Å². The van der Waals surface area contributed by atoms with Gasteiger partial charge in [-0.15, -0.1) is 0 Å². The number of nitrogens with zero attached hydrogens (tertiary/aromatic N) is 3. The van der Waals surface area contributed by atoms with Gasteiger partial charge in [0, 0.05) is 44.5 Å². The zero-order chi connectivity index (χ0) is 18.2. The van der Waals surface area contributed by atoms with Crippen LogP contribution in [-0.2, 0) is 14.8 Å². The molecule has 26 heavy (non-hydrogen) atoms. The van der Waals surface area contributed by atoms with Gasteiger partial charge in [-0.05, 0) is 24.3 Å². The van der Waals surface area contributed by atoms with E-state index in [1.807, 2.05) is 0 Å². The monoisotopic (exact) mass is 379 g/mol. The summed E-state index contributed by atoms with van der Waals surface area (Å²) in [6.07, 6.45) is 5.16. The highest BCUT2D eigenvalue weighted by molar-refractivity contribution is 7.89. The summed E-state index contributed by atoms with van der Waals surface area (Å²) in [6, 6.07) is 5.90. The standard InChI is InChI=1S/C17H18FN3O4S/c18-15-4-2-7-20-16(15)25-13-5-8-24-17(9-13)11-21(12-17)26(22,23)14-3-1-6-19-10-14/h1-4,6-7,10,13H,5,8-9,11-12H2/t13-/m1/s1. The van der Waals surface area contributed by atoms with Gasteiger partial charge in [-0.1, -0.05) is 0 Å². The van der Waals surface area contributed by atoms with Gasteiger partial charge in [-0.3, -0.25) is 4.98 Å². The molecule has 1 atom stereocenters. The van der Waals surface area contributed by atoms with Crippen LogP contribution in [0.2, 0.25) is 0 Å². The molecule has 0 unspecified atom stereocenters. The van der Waals surface area contributed by atoms with E-state index in [1.54, 1.807) is 6.07 Å². The van der Waals surface area contributed by atoms with Crippen molar-refractivity contribution in [2.75, 3.05) is 19.7 Å². The predicted molar refractivity (Wildman–Crippen MR) is 89.5 cm³/mol. The van der Waals surface area contributed by atoms with Crippen LogP contribution in [0, 0.1) is 5.82 Å². The number of halogens is 1. The summed E-state index contributed by atoms with van der Waals surface area (Å²) < 4.78 is 51.8. The smallest absolute Gasteiger partial charge is 0.250 e. The summed E-state index contributed by atoms with van der Waals surface area (Å²) in [5, 5.41) is 0. The molecule has 7 nitrogen and oxygen atoms in total. The van der Waals surface area contributed by atoms with Crippen LogP contribution in [-0.4, -0.2) is 54.1 Å². The minimum Gasteiger partial charge on any atom is -0.472 e. The second-order valence-electron chi connectivity index (χ2n) is 6.52. The van der Waals surface area contributed by atoms with Gasteiger partial charge in [0.15, 0.2) is 5.82 Å². The molecule has 0 aromatic carbocycles. The van der Waals surface area contributed by atoms with Gasteiger partial charge in [0.2, 0.25) is 10.0 Å². The van der Waals surface area contributed by atoms with Crippen LogP contribution in [0.25, 0.3) is 0 Å². The SMILES string of the molecule is O=S(=O)(c1cccnc1)N1CC2(C[C@H](Oc3ncccc3F)CCO2)C1. The Kier molecular flexibility index (Phi) is 4.37. The third kappa shape index (κ3) is 3.17. The van der Waals surface area contributed by atoms with E-state index in [0.717, 1.165) is 0 Å². The highest BCUT2D eigenvalue weighted by Crippen LogP contribution is 2.38. The highest BCUT2D eigenvalue weighted by Gasteiger charge is 2.52. The molecule has 0 bridgehead atoms. The first-order valence-electron chi connectivity index (χ1n) is 8.30. The van der Waals surface area contributed by atoms with Crippen molar-refractivity contribution in [3.05, 3.63) is 48.7 Å². The fraction of sp³-hybridized carbons (Fsp3) is 0.412. The van der Waals surface area contributed by atoms with Gasteiger partial charge in [0.25, 0.3) is 5.88 Å². The van der Waals surface area contributed by atoms with Crippen LogP contribution in [0.4, 0.5) is 4.39 Å². The minimum absolute atomic E-state index is 0.0336. The summed E-state index contributed by atoms with van der Waals surface area (Å²) in [7, 11) is -3.58. The molecule has 138 valence electrons. The van der Waals surface area contributed by atoms with Gasteiger partial charge in [-0.25, -0.2) is 17.8 Å². The van der Waals surface area contributed by atoms with Gasteiger partial charge in [0.1, 0.15) is 11.0 Å². The molecule has 9 heteroatoms. The first-order chi connectivity index (χ1) is 12.5. The molecule has 2 aromatic rings. The van der Waals surface area contributed by atoms with E-state index >= 15 is 0 Å². The summed E-state index contributed by atoms with van der Waals surface area (Å²) in [4.78, 5) is 7.93. The largest absolute Gasteiger partial charge is 0.472 e. The zero-order valence-corrected chi connectivity index (χ0v) is 14.7. The van der Waals surface area contributed by atoms with E-state index in [0.29, 0.717) is 19.4 Å². The molecule has 2 aromatic heterocycles. The molecule has 0 saturated carbocycles. The molecule has 2 aliphatic heterocycles. The lowest BCUT2D eigenvalue weighted by Gasteiger charge is -2.51. The Bertz CT molecular complexity index is 888. The fourth-order valence-corrected chi connectivity index (χ4v) is 4.89. The molecule has 0 radical (unpaired) electrons. The van der Waals surface area contributed by atoms with E-state index < -0.39 is 21.4 Å². The maximum absolute atomic E-state index is 13.7. The van der Waals surface area contributed by atoms with Crippen LogP contribution in [0.3, 0.4) is 0 Å². The number of hydrogen-bond donors (Lipinski definition) is 0. The Morgan fingerprint density at radius 3 is 2.81 bits per heavy atom. The topological polar surface area (TPSA) is 81.6 Å². The van der Waals surface area contributed by atoms with Crippen molar-refractivity contribution >= 4 is 10.0 Å². The van der Waals surface area contributed by atoms with Crippen molar-refractivity contribution in [1.29, 1.82) is 0 Å². The first kappa shape index (κ1) is 17.3. The molecular formula is C17H18FN3O4S. The second-order valence-corrected chi connectivity index (χ2v) is 8.45. The average molecular weight is 379 g/mol. The van der Waals surface area contributed by atoms with E-state index in [9.17, 15) is 12.8 Å². The number of hydrogen-bond acceptors (Lipinski definition) is 6. The van der Waals surface area contributed by atoms with Gasteiger partial charge < -0.3 is 9.47 Å². The fourth-order valence-electron chi connectivity index (χ4n) is 3.33. The Labute approximate surface area is 150 Å². The number of rotatable bonds is 4. The molecule has 1 spiro atoms. The van der Waals surface area contributed by atoms with Crippen LogP contribution < -0.4 is 4.74 Å². The summed E-state index contributed by atoms with van der Waals surface area (Å²) in [6.45, 7) is 0.920. The van der Waals surface area contributed by atoms with E-state index in [2.05, 4.69) is 9.97 Å². The lowest BCUT2D eigenvalue weighted by Crippen LogP contribution is -2.67. The van der Waals surface area contributed by atoms with Gasteiger partial charge in [-0.2, -0.15) is 4.31 Å². The Morgan fingerprint density at radius 1 is 1.27 bits per heavy atom. The van der Waals surface area contributed by atoms with E-state index in [4.69, 9.17) is 9.47 Å². The lowest BCUT2D eigenvalue weighted by molar-refractivity contribution is -0.165. The first-order valence-corrected chi connectivity index (χ1v) is 9.74. The molecular weight excluding hydrogens is 361 g/mol. The maximum Gasteiger partial charge on any atom is 0.250 e.